The minimum absolute atomic E-state index is 0. The fourth-order valence-corrected chi connectivity index (χ4v) is 2.49. The molecule has 2 fully saturated rings. The average Bonchev–Trinajstić information content (AvgIpc) is 2.98. The molecule has 2 heterocycles. The Morgan fingerprint density at radius 2 is 2.11 bits per heavy atom. The van der Waals surface area contributed by atoms with Crippen LogP contribution in [0.4, 0.5) is 0 Å². The van der Waals surface area contributed by atoms with Crippen molar-refractivity contribution in [1.29, 1.82) is 0 Å². The van der Waals surface area contributed by atoms with Crippen molar-refractivity contribution in [2.45, 2.75) is 44.0 Å². The lowest BCUT2D eigenvalue weighted by molar-refractivity contribution is -0.142. The minimum Gasteiger partial charge on any atom is -0.376 e. The molecule has 0 bridgehead atoms. The van der Waals surface area contributed by atoms with Gasteiger partial charge in [0.25, 0.3) is 5.91 Å². The maximum absolute atomic E-state index is 12.1. The van der Waals surface area contributed by atoms with E-state index in [2.05, 4.69) is 0 Å². The molecule has 0 aliphatic carbocycles. The summed E-state index contributed by atoms with van der Waals surface area (Å²) in [7, 11) is 1.82. The maximum Gasteiger partial charge on any atom is 0.251 e. The van der Waals surface area contributed by atoms with Crippen molar-refractivity contribution >= 4 is 18.3 Å². The van der Waals surface area contributed by atoms with Crippen LogP contribution >= 0.6 is 12.4 Å². The summed E-state index contributed by atoms with van der Waals surface area (Å²) in [6.45, 7) is 1.99. The molecule has 0 aromatic heterocycles. The van der Waals surface area contributed by atoms with E-state index in [0.29, 0.717) is 13.1 Å². The first-order valence-electron chi connectivity index (χ1n) is 6.43. The molecule has 2 aliphatic rings. The number of amides is 1. The van der Waals surface area contributed by atoms with Crippen LogP contribution in [-0.4, -0.2) is 55.9 Å². The smallest absolute Gasteiger partial charge is 0.251 e. The number of carbonyl (C=O) groups excluding carboxylic acids is 1. The molecule has 2 aliphatic heterocycles. The van der Waals surface area contributed by atoms with Crippen molar-refractivity contribution < 1.29 is 14.3 Å². The van der Waals surface area contributed by atoms with Gasteiger partial charge in [-0.15, -0.1) is 12.4 Å². The molecular formula is C12H23ClN2O3. The van der Waals surface area contributed by atoms with E-state index in [-0.39, 0.29) is 36.6 Å². The van der Waals surface area contributed by atoms with Crippen molar-refractivity contribution in [2.24, 2.45) is 5.73 Å². The summed E-state index contributed by atoms with van der Waals surface area (Å²) in [6.07, 6.45) is 3.79. The first kappa shape index (κ1) is 15.7. The highest BCUT2D eigenvalue weighted by Crippen LogP contribution is 2.21. The van der Waals surface area contributed by atoms with Crippen LogP contribution in [-0.2, 0) is 14.3 Å². The van der Waals surface area contributed by atoms with Gasteiger partial charge in [-0.25, -0.2) is 0 Å². The predicted octanol–water partition coefficient (Wildman–Crippen LogP) is 0.552. The SMILES string of the molecule is CN(CC1CCCO1)C(=O)[C@@H]1CC[C@H](CN)O1.Cl. The zero-order valence-electron chi connectivity index (χ0n) is 10.8. The van der Waals surface area contributed by atoms with Crippen molar-refractivity contribution in [2.75, 3.05) is 26.7 Å². The third-order valence-electron chi connectivity index (χ3n) is 3.52. The second-order valence-electron chi connectivity index (χ2n) is 4.91. The molecule has 5 nitrogen and oxygen atoms in total. The zero-order chi connectivity index (χ0) is 12.3. The van der Waals surface area contributed by atoms with Crippen LogP contribution in [0.1, 0.15) is 25.7 Å². The topological polar surface area (TPSA) is 64.8 Å². The van der Waals surface area contributed by atoms with Crippen molar-refractivity contribution in [3.8, 4) is 0 Å². The van der Waals surface area contributed by atoms with Crippen LogP contribution in [0.25, 0.3) is 0 Å². The van der Waals surface area contributed by atoms with Crippen LogP contribution in [0.3, 0.4) is 0 Å². The van der Waals surface area contributed by atoms with Gasteiger partial charge in [-0.05, 0) is 25.7 Å². The molecule has 0 spiro atoms. The first-order chi connectivity index (χ1) is 8.20. The Hall–Kier alpha value is -0.360. The van der Waals surface area contributed by atoms with Gasteiger partial charge in [-0.3, -0.25) is 4.79 Å². The number of rotatable bonds is 4. The second kappa shape index (κ2) is 7.28. The van der Waals surface area contributed by atoms with Gasteiger partial charge in [-0.1, -0.05) is 0 Å². The van der Waals surface area contributed by atoms with E-state index >= 15 is 0 Å². The molecule has 0 aromatic rings. The van der Waals surface area contributed by atoms with Gasteiger partial charge in [0.05, 0.1) is 12.2 Å². The molecule has 0 saturated carbocycles. The standard InChI is InChI=1S/C12H22N2O3.ClH/c1-14(8-10-3-2-6-16-10)12(15)11-5-4-9(7-13)17-11;/h9-11H,2-8,13H2,1H3;1H/t9-,10?,11+;/m1./s1. The van der Waals surface area contributed by atoms with Crippen molar-refractivity contribution in [3.63, 3.8) is 0 Å². The number of nitrogens with zero attached hydrogens (tertiary/aromatic N) is 1. The van der Waals surface area contributed by atoms with Crippen LogP contribution in [0.15, 0.2) is 0 Å². The summed E-state index contributed by atoms with van der Waals surface area (Å²) < 4.78 is 11.1. The van der Waals surface area contributed by atoms with Crippen LogP contribution in [0.2, 0.25) is 0 Å². The van der Waals surface area contributed by atoms with Crippen molar-refractivity contribution in [1.82, 2.24) is 4.90 Å². The van der Waals surface area contributed by atoms with E-state index in [0.717, 1.165) is 32.3 Å². The van der Waals surface area contributed by atoms with Gasteiger partial charge < -0.3 is 20.1 Å². The Morgan fingerprint density at radius 1 is 1.33 bits per heavy atom. The van der Waals surface area contributed by atoms with Crippen LogP contribution in [0, 0.1) is 0 Å². The molecule has 2 rings (SSSR count). The van der Waals surface area contributed by atoms with Gasteiger partial charge in [0.1, 0.15) is 6.10 Å². The predicted molar refractivity (Wildman–Crippen MR) is 70.8 cm³/mol. The molecule has 0 aromatic carbocycles. The highest BCUT2D eigenvalue weighted by molar-refractivity contribution is 5.85. The van der Waals surface area contributed by atoms with Gasteiger partial charge in [0, 0.05) is 26.7 Å². The highest BCUT2D eigenvalue weighted by atomic mass is 35.5. The molecule has 1 unspecified atom stereocenters. The van der Waals surface area contributed by atoms with Gasteiger partial charge >= 0.3 is 0 Å². The quantitative estimate of drug-likeness (QED) is 0.816. The summed E-state index contributed by atoms with van der Waals surface area (Å²) in [5.74, 6) is 0.0662. The molecule has 2 N–H and O–H groups in total. The number of halogens is 1. The van der Waals surface area contributed by atoms with Gasteiger partial charge in [-0.2, -0.15) is 0 Å². The Labute approximate surface area is 114 Å². The Balaban J connectivity index is 0.00000162. The lowest BCUT2D eigenvalue weighted by Gasteiger charge is -2.23. The fourth-order valence-electron chi connectivity index (χ4n) is 2.49. The lowest BCUT2D eigenvalue weighted by Crippen LogP contribution is -2.40. The Bertz CT molecular complexity index is 272. The summed E-state index contributed by atoms with van der Waals surface area (Å²) in [5, 5.41) is 0. The second-order valence-corrected chi connectivity index (χ2v) is 4.91. The normalized spacial score (nSPS) is 31.1. The molecule has 2 saturated heterocycles. The summed E-state index contributed by atoms with van der Waals surface area (Å²) in [5.41, 5.74) is 5.53. The Morgan fingerprint density at radius 3 is 2.67 bits per heavy atom. The van der Waals surface area contributed by atoms with Gasteiger partial charge in [0.15, 0.2) is 0 Å². The van der Waals surface area contributed by atoms with E-state index in [1.165, 1.54) is 0 Å². The number of ether oxygens (including phenoxy) is 2. The van der Waals surface area contributed by atoms with E-state index in [9.17, 15) is 4.79 Å². The number of nitrogens with two attached hydrogens (primary N) is 1. The molecule has 1 amide bonds. The van der Waals surface area contributed by atoms with E-state index in [4.69, 9.17) is 15.2 Å². The third kappa shape index (κ3) is 3.82. The highest BCUT2D eigenvalue weighted by Gasteiger charge is 2.32. The largest absolute Gasteiger partial charge is 0.376 e. The molecule has 0 radical (unpaired) electrons. The number of hydrogen-bond acceptors (Lipinski definition) is 4. The fraction of sp³-hybridized carbons (Fsp3) is 0.917. The number of carbonyl (C=O) groups is 1. The van der Waals surface area contributed by atoms with E-state index in [1.54, 1.807) is 4.90 Å². The number of likely N-dealkylation sites (N-methyl/N-ethyl adjacent to an activating group) is 1. The molecule has 18 heavy (non-hydrogen) atoms. The third-order valence-corrected chi connectivity index (χ3v) is 3.52. The first-order valence-corrected chi connectivity index (χ1v) is 6.43. The Kier molecular flexibility index (Phi) is 6.35. The van der Waals surface area contributed by atoms with Crippen LogP contribution in [0.5, 0.6) is 0 Å². The van der Waals surface area contributed by atoms with Crippen LogP contribution < -0.4 is 5.73 Å². The summed E-state index contributed by atoms with van der Waals surface area (Å²) in [6, 6.07) is 0. The number of hydrogen-bond donors (Lipinski definition) is 1. The molecular weight excluding hydrogens is 256 g/mol. The summed E-state index contributed by atoms with van der Waals surface area (Å²) >= 11 is 0. The summed E-state index contributed by atoms with van der Waals surface area (Å²) in [4.78, 5) is 13.8. The van der Waals surface area contributed by atoms with Gasteiger partial charge in [0.2, 0.25) is 0 Å². The monoisotopic (exact) mass is 278 g/mol. The minimum atomic E-state index is -0.296. The molecule has 6 heteroatoms. The van der Waals surface area contributed by atoms with Crippen molar-refractivity contribution in [3.05, 3.63) is 0 Å². The van der Waals surface area contributed by atoms with E-state index < -0.39 is 0 Å². The maximum atomic E-state index is 12.1. The molecule has 3 atom stereocenters. The van der Waals surface area contributed by atoms with E-state index in [1.807, 2.05) is 7.05 Å². The zero-order valence-corrected chi connectivity index (χ0v) is 11.7. The molecule has 106 valence electrons. The lowest BCUT2D eigenvalue weighted by atomic mass is 10.1. The average molecular weight is 279 g/mol.